The first-order chi connectivity index (χ1) is 5.12. The Morgan fingerprint density at radius 1 is 1.45 bits per heavy atom. The van der Waals surface area contributed by atoms with Gasteiger partial charge in [-0.25, -0.2) is 0 Å². The van der Waals surface area contributed by atoms with Crippen molar-refractivity contribution >= 4 is 11.3 Å². The second-order valence-corrected chi connectivity index (χ2v) is 4.78. The van der Waals surface area contributed by atoms with Crippen molar-refractivity contribution in [2.45, 2.75) is 32.2 Å². The number of aryl methyl sites for hydroxylation is 2. The number of nitrogens with two attached hydrogens (primary N) is 1. The Balaban J connectivity index is 2.44. The SMILES string of the molecule is Cc1cc(C)c(C2(N)CC2)s1. The third-order valence-corrected chi connectivity index (χ3v) is 3.65. The first-order valence-corrected chi connectivity index (χ1v) is 4.80. The molecule has 60 valence electrons. The molecule has 0 radical (unpaired) electrons. The van der Waals surface area contributed by atoms with Crippen molar-refractivity contribution in [2.75, 3.05) is 0 Å². The van der Waals surface area contributed by atoms with E-state index in [0.717, 1.165) is 0 Å². The lowest BCUT2D eigenvalue weighted by Crippen LogP contribution is -2.17. The molecule has 1 aliphatic carbocycles. The van der Waals surface area contributed by atoms with Gasteiger partial charge in [0, 0.05) is 9.75 Å². The van der Waals surface area contributed by atoms with Crippen molar-refractivity contribution in [3.63, 3.8) is 0 Å². The first-order valence-electron chi connectivity index (χ1n) is 3.98. The molecule has 0 aromatic carbocycles. The molecule has 0 saturated heterocycles. The predicted octanol–water partition coefficient (Wildman–Crippen LogP) is 2.31. The van der Waals surface area contributed by atoms with E-state index in [1.807, 2.05) is 11.3 Å². The van der Waals surface area contributed by atoms with E-state index < -0.39 is 0 Å². The lowest BCUT2D eigenvalue weighted by Gasteiger charge is -2.05. The molecular weight excluding hydrogens is 154 g/mol. The van der Waals surface area contributed by atoms with Gasteiger partial charge < -0.3 is 5.73 Å². The summed E-state index contributed by atoms with van der Waals surface area (Å²) >= 11 is 1.86. The zero-order valence-corrected chi connectivity index (χ0v) is 7.79. The standard InChI is InChI=1S/C9H13NS/c1-6-5-7(2)11-8(6)9(10)3-4-9/h5H,3-4,10H2,1-2H3. The average molecular weight is 167 g/mol. The van der Waals surface area contributed by atoms with Gasteiger partial charge in [-0.3, -0.25) is 0 Å². The fourth-order valence-corrected chi connectivity index (χ4v) is 2.68. The predicted molar refractivity (Wildman–Crippen MR) is 48.9 cm³/mol. The lowest BCUT2D eigenvalue weighted by atomic mass is 10.1. The highest BCUT2D eigenvalue weighted by molar-refractivity contribution is 7.12. The maximum absolute atomic E-state index is 6.09. The van der Waals surface area contributed by atoms with E-state index in [1.165, 1.54) is 28.2 Å². The van der Waals surface area contributed by atoms with Crippen LogP contribution >= 0.6 is 11.3 Å². The molecule has 0 atom stereocenters. The van der Waals surface area contributed by atoms with Gasteiger partial charge in [-0.05, 0) is 38.3 Å². The van der Waals surface area contributed by atoms with Crippen LogP contribution in [0.15, 0.2) is 6.07 Å². The Bertz CT molecular complexity index is 284. The monoisotopic (exact) mass is 167 g/mol. The van der Waals surface area contributed by atoms with Crippen molar-refractivity contribution in [1.82, 2.24) is 0 Å². The van der Waals surface area contributed by atoms with Gasteiger partial charge in [0.1, 0.15) is 0 Å². The number of thiophene rings is 1. The molecular formula is C9H13NS. The van der Waals surface area contributed by atoms with Crippen LogP contribution in [0, 0.1) is 13.8 Å². The second kappa shape index (κ2) is 2.08. The molecule has 11 heavy (non-hydrogen) atoms. The highest BCUT2D eigenvalue weighted by Gasteiger charge is 2.42. The van der Waals surface area contributed by atoms with E-state index in [0.29, 0.717) is 0 Å². The van der Waals surface area contributed by atoms with Crippen molar-refractivity contribution in [3.8, 4) is 0 Å². The summed E-state index contributed by atoms with van der Waals surface area (Å²) < 4.78 is 0. The van der Waals surface area contributed by atoms with E-state index in [2.05, 4.69) is 19.9 Å². The molecule has 1 saturated carbocycles. The number of hydrogen-bond donors (Lipinski definition) is 1. The highest BCUT2D eigenvalue weighted by atomic mass is 32.1. The van der Waals surface area contributed by atoms with Crippen LogP contribution in [0.4, 0.5) is 0 Å². The quantitative estimate of drug-likeness (QED) is 0.682. The molecule has 0 amide bonds. The summed E-state index contributed by atoms with van der Waals surface area (Å²) in [5.41, 5.74) is 7.55. The topological polar surface area (TPSA) is 26.0 Å². The molecule has 2 N–H and O–H groups in total. The molecule has 1 nitrogen and oxygen atoms in total. The second-order valence-electron chi connectivity index (χ2n) is 3.53. The molecule has 0 unspecified atom stereocenters. The third kappa shape index (κ3) is 1.10. The molecule has 0 bridgehead atoms. The van der Waals surface area contributed by atoms with Gasteiger partial charge >= 0.3 is 0 Å². The van der Waals surface area contributed by atoms with Crippen LogP contribution in [0.3, 0.4) is 0 Å². The summed E-state index contributed by atoms with van der Waals surface area (Å²) in [6, 6.07) is 2.23. The van der Waals surface area contributed by atoms with E-state index in [4.69, 9.17) is 5.73 Å². The zero-order chi connectivity index (χ0) is 8.06. The van der Waals surface area contributed by atoms with Crippen LogP contribution in [-0.4, -0.2) is 0 Å². The zero-order valence-electron chi connectivity index (χ0n) is 6.98. The fraction of sp³-hybridized carbons (Fsp3) is 0.556. The minimum Gasteiger partial charge on any atom is -0.321 e. The Morgan fingerprint density at radius 2 is 2.09 bits per heavy atom. The molecule has 1 aliphatic rings. The smallest absolute Gasteiger partial charge is 0.0508 e. The van der Waals surface area contributed by atoms with Crippen molar-refractivity contribution in [2.24, 2.45) is 5.73 Å². The van der Waals surface area contributed by atoms with Crippen molar-refractivity contribution < 1.29 is 0 Å². The molecule has 0 aliphatic heterocycles. The van der Waals surface area contributed by atoms with E-state index >= 15 is 0 Å². The van der Waals surface area contributed by atoms with Gasteiger partial charge in [-0.1, -0.05) is 0 Å². The van der Waals surface area contributed by atoms with Crippen LogP contribution in [0.1, 0.15) is 28.2 Å². The van der Waals surface area contributed by atoms with Crippen LogP contribution in [0.2, 0.25) is 0 Å². The Morgan fingerprint density at radius 3 is 2.45 bits per heavy atom. The average Bonchev–Trinajstić information content (AvgIpc) is 2.55. The number of rotatable bonds is 1. The van der Waals surface area contributed by atoms with Crippen molar-refractivity contribution in [1.29, 1.82) is 0 Å². The van der Waals surface area contributed by atoms with Gasteiger partial charge in [-0.2, -0.15) is 0 Å². The lowest BCUT2D eigenvalue weighted by molar-refractivity contribution is 0.753. The molecule has 1 heterocycles. The van der Waals surface area contributed by atoms with E-state index in [-0.39, 0.29) is 5.54 Å². The minimum atomic E-state index is 0.0724. The molecule has 1 aromatic rings. The first kappa shape index (κ1) is 7.32. The van der Waals surface area contributed by atoms with Gasteiger partial charge in [-0.15, -0.1) is 11.3 Å². The van der Waals surface area contributed by atoms with Gasteiger partial charge in [0.25, 0.3) is 0 Å². The highest BCUT2D eigenvalue weighted by Crippen LogP contribution is 2.47. The maximum atomic E-state index is 6.09. The van der Waals surface area contributed by atoms with Gasteiger partial charge in [0.15, 0.2) is 0 Å². The van der Waals surface area contributed by atoms with Crippen LogP contribution < -0.4 is 5.73 Å². The summed E-state index contributed by atoms with van der Waals surface area (Å²) in [5, 5.41) is 0. The summed E-state index contributed by atoms with van der Waals surface area (Å²) in [6.45, 7) is 4.30. The summed E-state index contributed by atoms with van der Waals surface area (Å²) in [6.07, 6.45) is 2.35. The molecule has 1 aromatic heterocycles. The molecule has 2 rings (SSSR count). The fourth-order valence-electron chi connectivity index (χ4n) is 1.50. The third-order valence-electron chi connectivity index (χ3n) is 2.28. The van der Waals surface area contributed by atoms with Crippen LogP contribution in [0.5, 0.6) is 0 Å². The Hall–Kier alpha value is -0.340. The molecule has 1 fully saturated rings. The van der Waals surface area contributed by atoms with E-state index in [1.54, 1.807) is 0 Å². The largest absolute Gasteiger partial charge is 0.321 e. The Kier molecular flexibility index (Phi) is 1.38. The normalized spacial score (nSPS) is 20.3. The molecule has 2 heteroatoms. The van der Waals surface area contributed by atoms with Gasteiger partial charge in [0.05, 0.1) is 5.54 Å². The van der Waals surface area contributed by atoms with E-state index in [9.17, 15) is 0 Å². The van der Waals surface area contributed by atoms with Crippen molar-refractivity contribution in [3.05, 3.63) is 21.4 Å². The maximum Gasteiger partial charge on any atom is 0.0508 e. The van der Waals surface area contributed by atoms with Crippen LogP contribution in [0.25, 0.3) is 0 Å². The summed E-state index contributed by atoms with van der Waals surface area (Å²) in [4.78, 5) is 2.80. The summed E-state index contributed by atoms with van der Waals surface area (Å²) in [7, 11) is 0. The molecule has 0 spiro atoms. The number of hydrogen-bond acceptors (Lipinski definition) is 2. The van der Waals surface area contributed by atoms with Gasteiger partial charge in [0.2, 0.25) is 0 Å². The Labute approximate surface area is 71.2 Å². The minimum absolute atomic E-state index is 0.0724. The summed E-state index contributed by atoms with van der Waals surface area (Å²) in [5.74, 6) is 0. The van der Waals surface area contributed by atoms with Crippen LogP contribution in [-0.2, 0) is 5.54 Å².